The van der Waals surface area contributed by atoms with Crippen LogP contribution in [-0.4, -0.2) is 11.2 Å². The maximum absolute atomic E-state index is 9.70. The van der Waals surface area contributed by atoms with Gasteiger partial charge in [-0.3, -0.25) is 0 Å². The van der Waals surface area contributed by atoms with Crippen LogP contribution in [0.1, 0.15) is 39.0 Å². The van der Waals surface area contributed by atoms with Crippen molar-refractivity contribution in [3.63, 3.8) is 0 Å². The third kappa shape index (κ3) is 1.20. The molecular weight excluding hydrogens is 136 g/mol. The molecule has 0 aromatic carbocycles. The lowest BCUT2D eigenvalue weighted by Crippen LogP contribution is -2.41. The minimum atomic E-state index is 0.0486. The lowest BCUT2D eigenvalue weighted by Gasteiger charge is -2.45. The molecule has 3 fully saturated rings. The Morgan fingerprint density at radius 3 is 2.55 bits per heavy atom. The van der Waals surface area contributed by atoms with Gasteiger partial charge >= 0.3 is 0 Å². The molecule has 3 aliphatic rings. The molecule has 1 nitrogen and oxygen atoms in total. The van der Waals surface area contributed by atoms with Crippen molar-refractivity contribution in [2.45, 2.75) is 45.1 Å². The van der Waals surface area contributed by atoms with E-state index in [0.29, 0.717) is 5.92 Å². The zero-order chi connectivity index (χ0) is 7.84. The molecule has 0 saturated heterocycles. The molecule has 0 amide bonds. The van der Waals surface area contributed by atoms with E-state index in [1.807, 2.05) is 0 Å². The fourth-order valence-corrected chi connectivity index (χ4v) is 3.09. The van der Waals surface area contributed by atoms with Gasteiger partial charge < -0.3 is 5.11 Å². The Bertz CT molecular complexity index is 144. The molecule has 0 aromatic rings. The van der Waals surface area contributed by atoms with E-state index in [1.54, 1.807) is 0 Å². The molecule has 0 spiro atoms. The van der Waals surface area contributed by atoms with E-state index in [1.165, 1.54) is 25.7 Å². The Morgan fingerprint density at radius 2 is 2.09 bits per heavy atom. The smallest absolute Gasteiger partial charge is 0.0573 e. The van der Waals surface area contributed by atoms with Crippen molar-refractivity contribution in [3.8, 4) is 0 Å². The third-order valence-electron chi connectivity index (χ3n) is 3.74. The van der Waals surface area contributed by atoms with E-state index < -0.39 is 0 Å². The quantitative estimate of drug-likeness (QED) is 0.614. The average molecular weight is 154 g/mol. The summed E-state index contributed by atoms with van der Waals surface area (Å²) in [6.45, 7) is 2.26. The number of hydrogen-bond acceptors (Lipinski definition) is 1. The van der Waals surface area contributed by atoms with Crippen LogP contribution in [0.25, 0.3) is 0 Å². The molecular formula is C10H18O. The van der Waals surface area contributed by atoms with E-state index in [9.17, 15) is 5.11 Å². The van der Waals surface area contributed by atoms with Crippen LogP contribution >= 0.6 is 0 Å². The summed E-state index contributed by atoms with van der Waals surface area (Å²) in [7, 11) is 0. The summed E-state index contributed by atoms with van der Waals surface area (Å²) in [5, 5.41) is 9.70. The van der Waals surface area contributed by atoms with E-state index >= 15 is 0 Å². The molecule has 3 aliphatic carbocycles. The van der Waals surface area contributed by atoms with E-state index in [0.717, 1.165) is 18.3 Å². The van der Waals surface area contributed by atoms with Crippen molar-refractivity contribution < 1.29 is 5.11 Å². The van der Waals surface area contributed by atoms with Crippen LogP contribution in [0.3, 0.4) is 0 Å². The van der Waals surface area contributed by atoms with Gasteiger partial charge in [0, 0.05) is 0 Å². The second-order valence-corrected chi connectivity index (χ2v) is 4.31. The van der Waals surface area contributed by atoms with Crippen LogP contribution in [0.2, 0.25) is 0 Å². The van der Waals surface area contributed by atoms with Crippen molar-refractivity contribution >= 4 is 0 Å². The molecule has 0 heterocycles. The van der Waals surface area contributed by atoms with Gasteiger partial charge in [0.05, 0.1) is 6.10 Å². The first-order valence-electron chi connectivity index (χ1n) is 4.99. The highest BCUT2D eigenvalue weighted by Crippen LogP contribution is 2.46. The summed E-state index contributed by atoms with van der Waals surface area (Å²) in [5.41, 5.74) is 0. The molecule has 0 aliphatic heterocycles. The van der Waals surface area contributed by atoms with Crippen molar-refractivity contribution in [1.29, 1.82) is 0 Å². The average Bonchev–Trinajstić information content (AvgIpc) is 2.04. The van der Waals surface area contributed by atoms with Gasteiger partial charge in [0.1, 0.15) is 0 Å². The number of fused-ring (bicyclic) bond motifs is 3. The largest absolute Gasteiger partial charge is 0.393 e. The van der Waals surface area contributed by atoms with Gasteiger partial charge in [-0.15, -0.1) is 0 Å². The molecule has 3 rings (SSSR count). The molecule has 11 heavy (non-hydrogen) atoms. The molecule has 3 saturated carbocycles. The zero-order valence-corrected chi connectivity index (χ0v) is 7.29. The first kappa shape index (κ1) is 7.60. The molecule has 1 N–H and O–H groups in total. The number of rotatable bonds is 1. The van der Waals surface area contributed by atoms with Crippen molar-refractivity contribution in [2.75, 3.05) is 0 Å². The van der Waals surface area contributed by atoms with Gasteiger partial charge in [0.25, 0.3) is 0 Å². The monoisotopic (exact) mass is 154 g/mol. The Morgan fingerprint density at radius 1 is 1.27 bits per heavy atom. The zero-order valence-electron chi connectivity index (χ0n) is 7.29. The highest BCUT2D eigenvalue weighted by molar-refractivity contribution is 4.90. The normalized spacial score (nSPS) is 49.6. The van der Waals surface area contributed by atoms with Crippen LogP contribution in [0, 0.1) is 17.8 Å². The lowest BCUT2D eigenvalue weighted by molar-refractivity contribution is -0.0375. The summed E-state index contributed by atoms with van der Waals surface area (Å²) >= 11 is 0. The van der Waals surface area contributed by atoms with Crippen molar-refractivity contribution in [1.82, 2.24) is 0 Å². The Balaban J connectivity index is 2.07. The van der Waals surface area contributed by atoms with Crippen molar-refractivity contribution in [3.05, 3.63) is 0 Å². The maximum Gasteiger partial charge on any atom is 0.0573 e. The summed E-state index contributed by atoms with van der Waals surface area (Å²) in [6, 6.07) is 0. The minimum Gasteiger partial charge on any atom is -0.393 e. The molecule has 64 valence electrons. The summed E-state index contributed by atoms with van der Waals surface area (Å²) < 4.78 is 0. The molecule has 0 aromatic heterocycles. The fraction of sp³-hybridized carbons (Fsp3) is 1.00. The first-order chi connectivity index (χ1) is 5.31. The van der Waals surface area contributed by atoms with Gasteiger partial charge in [0.15, 0.2) is 0 Å². The number of aliphatic hydroxyl groups is 1. The Kier molecular flexibility index (Phi) is 1.92. The van der Waals surface area contributed by atoms with E-state index in [2.05, 4.69) is 6.92 Å². The summed E-state index contributed by atoms with van der Waals surface area (Å²) in [4.78, 5) is 0. The predicted molar refractivity (Wildman–Crippen MR) is 45.2 cm³/mol. The topological polar surface area (TPSA) is 20.2 Å². The third-order valence-corrected chi connectivity index (χ3v) is 3.74. The van der Waals surface area contributed by atoms with Gasteiger partial charge in [-0.2, -0.15) is 0 Å². The molecule has 0 radical (unpaired) electrons. The second kappa shape index (κ2) is 2.78. The first-order valence-corrected chi connectivity index (χ1v) is 4.99. The van der Waals surface area contributed by atoms with Gasteiger partial charge in [-0.05, 0) is 43.4 Å². The van der Waals surface area contributed by atoms with E-state index in [4.69, 9.17) is 0 Å². The molecule has 1 heteroatoms. The van der Waals surface area contributed by atoms with Crippen LogP contribution in [0.5, 0.6) is 0 Å². The standard InChI is InChI=1S/C10H18O/c1-2-8-5-7-3-4-9(8)10(11)6-7/h7-11H,2-6H2,1H3. The number of aliphatic hydroxyl groups excluding tert-OH is 1. The van der Waals surface area contributed by atoms with E-state index in [-0.39, 0.29) is 6.10 Å². The SMILES string of the molecule is CCC1CC2CCC1C(O)C2. The summed E-state index contributed by atoms with van der Waals surface area (Å²) in [6.07, 6.45) is 6.51. The highest BCUT2D eigenvalue weighted by atomic mass is 16.3. The minimum absolute atomic E-state index is 0.0486. The molecule has 4 atom stereocenters. The lowest BCUT2D eigenvalue weighted by atomic mass is 9.62. The van der Waals surface area contributed by atoms with Crippen LogP contribution in [0.15, 0.2) is 0 Å². The number of hydrogen-bond donors (Lipinski definition) is 1. The Labute approximate surface area is 68.8 Å². The second-order valence-electron chi connectivity index (χ2n) is 4.31. The van der Waals surface area contributed by atoms with Gasteiger partial charge in [0.2, 0.25) is 0 Å². The fourth-order valence-electron chi connectivity index (χ4n) is 3.09. The van der Waals surface area contributed by atoms with Gasteiger partial charge in [-0.25, -0.2) is 0 Å². The van der Waals surface area contributed by atoms with Crippen LogP contribution in [0.4, 0.5) is 0 Å². The molecule has 2 bridgehead atoms. The Hall–Kier alpha value is -0.0400. The summed E-state index contributed by atoms with van der Waals surface area (Å²) in [5.74, 6) is 2.36. The van der Waals surface area contributed by atoms with Crippen LogP contribution < -0.4 is 0 Å². The molecule has 4 unspecified atom stereocenters. The van der Waals surface area contributed by atoms with Gasteiger partial charge in [-0.1, -0.05) is 13.3 Å². The maximum atomic E-state index is 9.70. The van der Waals surface area contributed by atoms with Crippen molar-refractivity contribution in [2.24, 2.45) is 17.8 Å². The highest BCUT2D eigenvalue weighted by Gasteiger charge is 2.40. The van der Waals surface area contributed by atoms with Crippen LogP contribution in [-0.2, 0) is 0 Å². The predicted octanol–water partition coefficient (Wildman–Crippen LogP) is 2.19.